The van der Waals surface area contributed by atoms with E-state index in [1.807, 2.05) is 6.07 Å². The van der Waals surface area contributed by atoms with Crippen LogP contribution in [0.1, 0.15) is 5.56 Å². The molecule has 3 aromatic rings. The highest BCUT2D eigenvalue weighted by molar-refractivity contribution is 5.65. The van der Waals surface area contributed by atoms with Crippen molar-refractivity contribution < 1.29 is 9.63 Å². The lowest BCUT2D eigenvalue weighted by molar-refractivity contribution is 0.424. The lowest BCUT2D eigenvalue weighted by Crippen LogP contribution is -1.88. The van der Waals surface area contributed by atoms with Crippen LogP contribution in [0.5, 0.6) is 5.75 Å². The summed E-state index contributed by atoms with van der Waals surface area (Å²) in [6, 6.07) is 7.03. The van der Waals surface area contributed by atoms with Crippen LogP contribution >= 0.6 is 0 Å². The molecule has 19 heavy (non-hydrogen) atoms. The molecule has 0 bridgehead atoms. The van der Waals surface area contributed by atoms with Gasteiger partial charge in [0, 0.05) is 12.4 Å². The predicted octanol–water partition coefficient (Wildman–Crippen LogP) is 2.21. The van der Waals surface area contributed by atoms with Crippen LogP contribution in [0.25, 0.3) is 23.1 Å². The Morgan fingerprint density at radius 1 is 1.05 bits per heavy atom. The number of aryl methyl sites for hydroxylation is 1. The van der Waals surface area contributed by atoms with E-state index in [1.54, 1.807) is 37.5 Å². The van der Waals surface area contributed by atoms with E-state index in [2.05, 4.69) is 20.1 Å². The third kappa shape index (κ3) is 2.03. The molecule has 0 aliphatic heterocycles. The molecule has 1 N–H and O–H groups in total. The smallest absolute Gasteiger partial charge is 0.262 e. The molecule has 2 heterocycles. The van der Waals surface area contributed by atoms with Crippen LogP contribution in [0.2, 0.25) is 0 Å². The molecule has 0 saturated heterocycles. The molecular formula is C13H10N4O2. The summed E-state index contributed by atoms with van der Waals surface area (Å²) in [5.74, 6) is 1.04. The van der Waals surface area contributed by atoms with E-state index in [9.17, 15) is 5.11 Å². The summed E-state index contributed by atoms with van der Waals surface area (Å²) >= 11 is 0. The average molecular weight is 254 g/mol. The van der Waals surface area contributed by atoms with E-state index in [1.165, 1.54) is 0 Å². The van der Waals surface area contributed by atoms with Crippen LogP contribution in [0, 0.1) is 6.92 Å². The van der Waals surface area contributed by atoms with E-state index >= 15 is 0 Å². The lowest BCUT2D eigenvalue weighted by Gasteiger charge is -2.01. The van der Waals surface area contributed by atoms with E-state index in [4.69, 9.17) is 4.52 Å². The molecule has 0 fully saturated rings. The zero-order valence-electron chi connectivity index (χ0n) is 10.1. The average Bonchev–Trinajstić information content (AvgIpc) is 2.92. The second kappa shape index (κ2) is 4.49. The molecule has 6 heteroatoms. The normalized spacial score (nSPS) is 10.6. The molecule has 1 aromatic carbocycles. The first-order chi connectivity index (χ1) is 9.25. The van der Waals surface area contributed by atoms with Gasteiger partial charge in [0.25, 0.3) is 5.89 Å². The van der Waals surface area contributed by atoms with Gasteiger partial charge in [-0.3, -0.25) is 0 Å². The minimum atomic E-state index is 0.131. The van der Waals surface area contributed by atoms with Crippen LogP contribution in [0.4, 0.5) is 0 Å². The highest BCUT2D eigenvalue weighted by Crippen LogP contribution is 2.31. The predicted molar refractivity (Wildman–Crippen MR) is 67.2 cm³/mol. The van der Waals surface area contributed by atoms with Crippen molar-refractivity contribution in [2.75, 3.05) is 0 Å². The first-order valence-corrected chi connectivity index (χ1v) is 5.66. The van der Waals surface area contributed by atoms with Gasteiger partial charge in [-0.2, -0.15) is 4.98 Å². The Labute approximate surface area is 108 Å². The van der Waals surface area contributed by atoms with Crippen molar-refractivity contribution in [1.29, 1.82) is 0 Å². The number of phenolic OH excluding ortho intramolecular Hbond substituents is 1. The molecule has 3 rings (SSSR count). The van der Waals surface area contributed by atoms with E-state index in [0.29, 0.717) is 11.4 Å². The second-order valence-electron chi connectivity index (χ2n) is 3.97. The highest BCUT2D eigenvalue weighted by atomic mass is 16.5. The zero-order chi connectivity index (χ0) is 13.2. The molecule has 0 spiro atoms. The van der Waals surface area contributed by atoms with Crippen LogP contribution in [0.15, 0.2) is 41.2 Å². The van der Waals surface area contributed by atoms with E-state index in [0.717, 1.165) is 5.56 Å². The zero-order valence-corrected chi connectivity index (χ0v) is 10.1. The summed E-state index contributed by atoms with van der Waals surface area (Å²) < 4.78 is 5.14. The summed E-state index contributed by atoms with van der Waals surface area (Å²) in [6.45, 7) is 1.80. The number of benzene rings is 1. The van der Waals surface area contributed by atoms with Crippen LogP contribution in [-0.4, -0.2) is 25.2 Å². The topological polar surface area (TPSA) is 84.9 Å². The summed E-state index contributed by atoms with van der Waals surface area (Å²) in [4.78, 5) is 12.3. The first kappa shape index (κ1) is 11.3. The Kier molecular flexibility index (Phi) is 2.68. The van der Waals surface area contributed by atoms with E-state index < -0.39 is 0 Å². The number of hydrogen-bond donors (Lipinski definition) is 1. The molecule has 94 valence electrons. The SMILES string of the molecule is Cc1cccc(-c2nc(-c3ncccn3)no2)c1O. The molecule has 0 atom stereocenters. The highest BCUT2D eigenvalue weighted by Gasteiger charge is 2.15. The number of rotatable bonds is 2. The van der Waals surface area contributed by atoms with Gasteiger partial charge in [0.05, 0.1) is 5.56 Å². The monoisotopic (exact) mass is 254 g/mol. The van der Waals surface area contributed by atoms with Gasteiger partial charge < -0.3 is 9.63 Å². The second-order valence-corrected chi connectivity index (χ2v) is 3.97. The number of aromatic nitrogens is 4. The number of para-hydroxylation sites is 1. The van der Waals surface area contributed by atoms with Crippen molar-refractivity contribution >= 4 is 0 Å². The maximum absolute atomic E-state index is 9.97. The molecule has 0 saturated carbocycles. The molecule has 2 aromatic heterocycles. The minimum absolute atomic E-state index is 0.131. The molecule has 0 aliphatic rings. The van der Waals surface area contributed by atoms with Crippen molar-refractivity contribution in [2.45, 2.75) is 6.92 Å². The Morgan fingerprint density at radius 3 is 2.63 bits per heavy atom. The van der Waals surface area contributed by atoms with Gasteiger partial charge in [-0.15, -0.1) is 0 Å². The summed E-state index contributed by atoms with van der Waals surface area (Å²) in [6.07, 6.45) is 3.20. The maximum Gasteiger partial charge on any atom is 0.262 e. The largest absolute Gasteiger partial charge is 0.507 e. The summed E-state index contributed by atoms with van der Waals surface area (Å²) in [5.41, 5.74) is 1.24. The number of phenols is 1. The van der Waals surface area contributed by atoms with Gasteiger partial charge in [0.15, 0.2) is 0 Å². The van der Waals surface area contributed by atoms with Gasteiger partial charge >= 0.3 is 0 Å². The molecule has 0 aliphatic carbocycles. The molecule has 0 amide bonds. The van der Waals surface area contributed by atoms with E-state index in [-0.39, 0.29) is 17.5 Å². The Balaban J connectivity index is 2.05. The molecule has 0 unspecified atom stereocenters. The van der Waals surface area contributed by atoms with Crippen LogP contribution < -0.4 is 0 Å². The number of nitrogens with zero attached hydrogens (tertiary/aromatic N) is 4. The first-order valence-electron chi connectivity index (χ1n) is 5.66. The minimum Gasteiger partial charge on any atom is -0.507 e. The fourth-order valence-corrected chi connectivity index (χ4v) is 1.67. The van der Waals surface area contributed by atoms with Crippen molar-refractivity contribution in [1.82, 2.24) is 20.1 Å². The summed E-state index contributed by atoms with van der Waals surface area (Å²) in [7, 11) is 0. The lowest BCUT2D eigenvalue weighted by atomic mass is 10.1. The Morgan fingerprint density at radius 2 is 1.84 bits per heavy atom. The standard InChI is InChI=1S/C13H10N4O2/c1-8-4-2-5-9(10(8)18)13-16-12(17-19-13)11-14-6-3-7-15-11/h2-7,18H,1H3. The fraction of sp³-hybridized carbons (Fsp3) is 0.0769. The van der Waals surface area contributed by atoms with Gasteiger partial charge in [-0.05, 0) is 24.6 Å². The third-order valence-electron chi connectivity index (χ3n) is 2.66. The van der Waals surface area contributed by atoms with Gasteiger partial charge in [0.2, 0.25) is 11.6 Å². The summed E-state index contributed by atoms with van der Waals surface area (Å²) in [5, 5.41) is 13.8. The van der Waals surface area contributed by atoms with Crippen molar-refractivity contribution in [3.05, 3.63) is 42.2 Å². The van der Waals surface area contributed by atoms with Gasteiger partial charge in [-0.25, -0.2) is 9.97 Å². The number of aromatic hydroxyl groups is 1. The van der Waals surface area contributed by atoms with Crippen molar-refractivity contribution in [2.24, 2.45) is 0 Å². The molecule has 6 nitrogen and oxygen atoms in total. The van der Waals surface area contributed by atoms with Gasteiger partial charge in [0.1, 0.15) is 5.75 Å². The fourth-order valence-electron chi connectivity index (χ4n) is 1.67. The third-order valence-corrected chi connectivity index (χ3v) is 2.66. The quantitative estimate of drug-likeness (QED) is 0.754. The Hall–Kier alpha value is -2.76. The maximum atomic E-state index is 9.97. The molecule has 0 radical (unpaired) electrons. The number of hydrogen-bond acceptors (Lipinski definition) is 6. The van der Waals surface area contributed by atoms with Crippen LogP contribution in [-0.2, 0) is 0 Å². The Bertz CT molecular complexity index is 710. The van der Waals surface area contributed by atoms with Crippen molar-refractivity contribution in [3.8, 4) is 28.9 Å². The van der Waals surface area contributed by atoms with Crippen molar-refractivity contribution in [3.63, 3.8) is 0 Å². The molecular weight excluding hydrogens is 244 g/mol. The van der Waals surface area contributed by atoms with Crippen LogP contribution in [0.3, 0.4) is 0 Å². The van der Waals surface area contributed by atoms with Gasteiger partial charge in [-0.1, -0.05) is 17.3 Å².